The Labute approximate surface area is 231 Å². The topological polar surface area (TPSA) is 87.7 Å². The van der Waals surface area contributed by atoms with Gasteiger partial charge in [0.25, 0.3) is 0 Å². The van der Waals surface area contributed by atoms with Gasteiger partial charge < -0.3 is 20.3 Å². The second kappa shape index (κ2) is 14.0. The molecule has 1 aromatic carbocycles. The van der Waals surface area contributed by atoms with Crippen molar-refractivity contribution in [2.75, 3.05) is 0 Å². The minimum Gasteiger partial charge on any atom is -0.444 e. The zero-order valence-corrected chi connectivity index (χ0v) is 25.9. The van der Waals surface area contributed by atoms with Crippen LogP contribution in [0.5, 0.6) is 0 Å². The molecular weight excluding hydrogens is 478 g/mol. The number of nitrogens with one attached hydrogen (secondary N) is 2. The SMILES string of the molecule is Cc1cccc(C(C(=O)NC(C)(C)C)N(C(=O)C(CC(C)C)NC(=O)OC(C)(C)C)C(C)CCC(C)C)c1. The Morgan fingerprint density at radius 1 is 0.921 bits per heavy atom. The summed E-state index contributed by atoms with van der Waals surface area (Å²) in [5.74, 6) is 0.0545. The lowest BCUT2D eigenvalue weighted by Gasteiger charge is -2.40. The molecule has 38 heavy (non-hydrogen) atoms. The number of carbonyl (C=O) groups excluding carboxylic acids is 3. The molecule has 0 radical (unpaired) electrons. The van der Waals surface area contributed by atoms with Crippen molar-refractivity contribution < 1.29 is 19.1 Å². The van der Waals surface area contributed by atoms with Crippen LogP contribution in [-0.2, 0) is 14.3 Å². The molecule has 7 nitrogen and oxygen atoms in total. The molecule has 0 aliphatic carbocycles. The van der Waals surface area contributed by atoms with Crippen LogP contribution < -0.4 is 10.6 Å². The van der Waals surface area contributed by atoms with E-state index in [-0.39, 0.29) is 23.8 Å². The number of rotatable bonds is 11. The molecule has 3 unspecified atom stereocenters. The van der Waals surface area contributed by atoms with Gasteiger partial charge in [-0.3, -0.25) is 9.59 Å². The number of alkyl carbamates (subject to hydrolysis) is 1. The molecule has 216 valence electrons. The Morgan fingerprint density at radius 2 is 1.53 bits per heavy atom. The first-order valence-electron chi connectivity index (χ1n) is 14.0. The molecular formula is C31H53N3O4. The summed E-state index contributed by atoms with van der Waals surface area (Å²) in [5, 5.41) is 5.92. The van der Waals surface area contributed by atoms with Gasteiger partial charge in [-0.15, -0.1) is 0 Å². The highest BCUT2D eigenvalue weighted by atomic mass is 16.6. The highest BCUT2D eigenvalue weighted by Crippen LogP contribution is 2.29. The number of hydrogen-bond donors (Lipinski definition) is 2. The maximum absolute atomic E-state index is 14.4. The van der Waals surface area contributed by atoms with E-state index < -0.39 is 29.3 Å². The van der Waals surface area contributed by atoms with Gasteiger partial charge in [0.2, 0.25) is 11.8 Å². The lowest BCUT2D eigenvalue weighted by atomic mass is 9.94. The predicted molar refractivity (Wildman–Crippen MR) is 155 cm³/mol. The molecule has 0 saturated carbocycles. The third kappa shape index (κ3) is 11.9. The van der Waals surface area contributed by atoms with Gasteiger partial charge in [0.15, 0.2) is 0 Å². The fraction of sp³-hybridized carbons (Fsp3) is 0.710. The van der Waals surface area contributed by atoms with Gasteiger partial charge >= 0.3 is 6.09 Å². The first-order valence-corrected chi connectivity index (χ1v) is 14.0. The van der Waals surface area contributed by atoms with Crippen LogP contribution >= 0.6 is 0 Å². The van der Waals surface area contributed by atoms with Gasteiger partial charge in [-0.05, 0) is 92.1 Å². The molecule has 0 fully saturated rings. The summed E-state index contributed by atoms with van der Waals surface area (Å²) >= 11 is 0. The number of nitrogens with zero attached hydrogens (tertiary/aromatic N) is 1. The summed E-state index contributed by atoms with van der Waals surface area (Å²) in [4.78, 5) is 42.8. The molecule has 0 aliphatic rings. The smallest absolute Gasteiger partial charge is 0.408 e. The van der Waals surface area contributed by atoms with E-state index in [2.05, 4.69) is 24.5 Å². The van der Waals surface area contributed by atoms with Crippen LogP contribution in [0.3, 0.4) is 0 Å². The quantitative estimate of drug-likeness (QED) is 0.339. The summed E-state index contributed by atoms with van der Waals surface area (Å²) < 4.78 is 5.49. The van der Waals surface area contributed by atoms with Gasteiger partial charge in [0, 0.05) is 11.6 Å². The van der Waals surface area contributed by atoms with Crippen molar-refractivity contribution in [2.24, 2.45) is 11.8 Å². The van der Waals surface area contributed by atoms with Crippen LogP contribution in [0, 0.1) is 18.8 Å². The first kappa shape index (κ1) is 33.5. The van der Waals surface area contributed by atoms with E-state index in [4.69, 9.17) is 4.74 Å². The van der Waals surface area contributed by atoms with Crippen molar-refractivity contribution in [3.63, 3.8) is 0 Å². The molecule has 3 amide bonds. The molecule has 1 rings (SSSR count). The minimum absolute atomic E-state index is 0.132. The fourth-order valence-electron chi connectivity index (χ4n) is 4.35. The Bertz CT molecular complexity index is 928. The number of ether oxygens (including phenoxy) is 1. The van der Waals surface area contributed by atoms with Crippen LogP contribution in [-0.4, -0.2) is 46.0 Å². The Balaban J connectivity index is 3.66. The molecule has 0 bridgehead atoms. The summed E-state index contributed by atoms with van der Waals surface area (Å²) in [6.07, 6.45) is 1.42. The van der Waals surface area contributed by atoms with Gasteiger partial charge in [-0.2, -0.15) is 0 Å². The maximum Gasteiger partial charge on any atom is 0.408 e. The van der Waals surface area contributed by atoms with Crippen LogP contribution in [0.1, 0.15) is 113 Å². The van der Waals surface area contributed by atoms with E-state index >= 15 is 0 Å². The monoisotopic (exact) mass is 531 g/mol. The lowest BCUT2D eigenvalue weighted by molar-refractivity contribution is -0.146. The molecule has 0 aromatic heterocycles. The Hall–Kier alpha value is -2.57. The first-order chi connectivity index (χ1) is 17.3. The summed E-state index contributed by atoms with van der Waals surface area (Å²) in [6, 6.07) is 5.82. The highest BCUT2D eigenvalue weighted by Gasteiger charge is 2.39. The molecule has 1 aromatic rings. The van der Waals surface area contributed by atoms with E-state index in [1.807, 2.05) is 72.7 Å². The van der Waals surface area contributed by atoms with Gasteiger partial charge in [-0.25, -0.2) is 4.79 Å². The third-order valence-corrected chi connectivity index (χ3v) is 5.97. The number of aryl methyl sites for hydroxylation is 1. The average molecular weight is 532 g/mol. The fourth-order valence-corrected chi connectivity index (χ4v) is 4.35. The molecule has 7 heteroatoms. The van der Waals surface area contributed by atoms with Crippen molar-refractivity contribution >= 4 is 17.9 Å². The van der Waals surface area contributed by atoms with Crippen molar-refractivity contribution in [3.8, 4) is 0 Å². The van der Waals surface area contributed by atoms with E-state index in [0.29, 0.717) is 12.3 Å². The number of carbonyl (C=O) groups is 3. The van der Waals surface area contributed by atoms with E-state index in [1.54, 1.807) is 25.7 Å². The molecule has 0 saturated heterocycles. The van der Waals surface area contributed by atoms with Crippen LogP contribution in [0.2, 0.25) is 0 Å². The van der Waals surface area contributed by atoms with Crippen LogP contribution in [0.4, 0.5) is 4.79 Å². The third-order valence-electron chi connectivity index (χ3n) is 5.97. The van der Waals surface area contributed by atoms with Crippen molar-refractivity contribution in [3.05, 3.63) is 35.4 Å². The Kier molecular flexibility index (Phi) is 12.3. The number of benzene rings is 1. The van der Waals surface area contributed by atoms with Gasteiger partial charge in [-0.1, -0.05) is 57.5 Å². The lowest BCUT2D eigenvalue weighted by Crippen LogP contribution is -2.57. The van der Waals surface area contributed by atoms with Crippen molar-refractivity contribution in [2.45, 2.75) is 132 Å². The normalized spacial score (nSPS) is 14.6. The minimum atomic E-state index is -0.848. The van der Waals surface area contributed by atoms with Gasteiger partial charge in [0.1, 0.15) is 17.7 Å². The van der Waals surface area contributed by atoms with Crippen LogP contribution in [0.25, 0.3) is 0 Å². The van der Waals surface area contributed by atoms with E-state index in [0.717, 1.165) is 24.0 Å². The molecule has 0 heterocycles. The summed E-state index contributed by atoms with van der Waals surface area (Å²) in [6.45, 7) is 23.4. The summed E-state index contributed by atoms with van der Waals surface area (Å²) in [7, 11) is 0. The van der Waals surface area contributed by atoms with E-state index in [9.17, 15) is 14.4 Å². The second-order valence-corrected chi connectivity index (χ2v) is 13.5. The summed E-state index contributed by atoms with van der Waals surface area (Å²) in [5.41, 5.74) is 0.568. The zero-order valence-electron chi connectivity index (χ0n) is 25.9. The molecule has 2 N–H and O–H groups in total. The predicted octanol–water partition coefficient (Wildman–Crippen LogP) is 6.54. The number of hydrogen-bond acceptors (Lipinski definition) is 4. The Morgan fingerprint density at radius 3 is 2.00 bits per heavy atom. The molecule has 3 atom stereocenters. The van der Waals surface area contributed by atoms with E-state index in [1.165, 1.54) is 0 Å². The average Bonchev–Trinajstić information content (AvgIpc) is 2.71. The molecule has 0 aliphatic heterocycles. The number of amides is 3. The highest BCUT2D eigenvalue weighted by molar-refractivity contribution is 5.92. The standard InChI is InChI=1S/C31H53N3O4/c1-20(2)16-17-23(6)34(28(36)25(18-21(3)4)32-29(37)38-31(10,11)12)26(27(35)33-30(7,8)9)24-15-13-14-22(5)19-24/h13-15,19-21,23,25-26H,16-18H2,1-12H3,(H,32,37)(H,33,35). The molecule has 0 spiro atoms. The van der Waals surface area contributed by atoms with Crippen molar-refractivity contribution in [1.29, 1.82) is 0 Å². The largest absolute Gasteiger partial charge is 0.444 e. The van der Waals surface area contributed by atoms with Gasteiger partial charge in [0.05, 0.1) is 0 Å². The zero-order chi connectivity index (χ0) is 29.4. The maximum atomic E-state index is 14.4. The second-order valence-electron chi connectivity index (χ2n) is 13.5. The van der Waals surface area contributed by atoms with Crippen molar-refractivity contribution in [1.82, 2.24) is 15.5 Å². The van der Waals surface area contributed by atoms with Crippen LogP contribution in [0.15, 0.2) is 24.3 Å².